The summed E-state index contributed by atoms with van der Waals surface area (Å²) in [5, 5.41) is 0. The number of aromatic nitrogens is 2. The normalized spacial score (nSPS) is 11.3. The summed E-state index contributed by atoms with van der Waals surface area (Å²) in [5.74, 6) is 1.13. The zero-order valence-electron chi connectivity index (χ0n) is 13.0. The summed E-state index contributed by atoms with van der Waals surface area (Å²) in [7, 11) is 4.23. The number of rotatable bonds is 5. The highest BCUT2D eigenvalue weighted by Gasteiger charge is 2.10. The molecular formula is C16H23N3S. The maximum absolute atomic E-state index is 4.64. The van der Waals surface area contributed by atoms with Crippen LogP contribution in [0.4, 0.5) is 0 Å². The van der Waals surface area contributed by atoms with Gasteiger partial charge in [0, 0.05) is 24.2 Å². The van der Waals surface area contributed by atoms with E-state index in [1.807, 2.05) is 0 Å². The van der Waals surface area contributed by atoms with Crippen molar-refractivity contribution in [3.05, 3.63) is 47.0 Å². The van der Waals surface area contributed by atoms with Gasteiger partial charge in [0.15, 0.2) is 0 Å². The van der Waals surface area contributed by atoms with Gasteiger partial charge in [0.05, 0.1) is 12.2 Å². The molecule has 0 aliphatic heterocycles. The maximum atomic E-state index is 4.64. The molecule has 4 heteroatoms. The minimum absolute atomic E-state index is 0.870. The van der Waals surface area contributed by atoms with E-state index in [9.17, 15) is 0 Å². The van der Waals surface area contributed by atoms with Crippen LogP contribution in [0.15, 0.2) is 29.2 Å². The Balaban J connectivity index is 2.04. The van der Waals surface area contributed by atoms with Crippen molar-refractivity contribution >= 4 is 11.8 Å². The van der Waals surface area contributed by atoms with Gasteiger partial charge in [-0.3, -0.25) is 4.90 Å². The molecule has 0 spiro atoms. The van der Waals surface area contributed by atoms with E-state index in [4.69, 9.17) is 0 Å². The zero-order chi connectivity index (χ0) is 14.7. The molecule has 1 aromatic heterocycles. The van der Waals surface area contributed by atoms with Crippen molar-refractivity contribution in [1.29, 1.82) is 0 Å². The standard InChI is InChI=1S/C16H23N3S/c1-12-13(2)19(4)16(17-12)11-18(3)10-14-7-6-8-15(9-14)20-5/h6-9H,10-11H2,1-5H3. The summed E-state index contributed by atoms with van der Waals surface area (Å²) in [4.78, 5) is 8.27. The number of imidazole rings is 1. The average Bonchev–Trinajstić information content (AvgIpc) is 2.66. The number of hydrogen-bond donors (Lipinski definition) is 0. The first-order valence-corrected chi connectivity index (χ1v) is 8.04. The summed E-state index contributed by atoms with van der Waals surface area (Å²) in [6, 6.07) is 8.73. The van der Waals surface area contributed by atoms with Gasteiger partial charge in [-0.2, -0.15) is 0 Å². The van der Waals surface area contributed by atoms with Crippen LogP contribution in [0.3, 0.4) is 0 Å². The molecule has 0 aliphatic carbocycles. The third-order valence-electron chi connectivity index (χ3n) is 3.71. The van der Waals surface area contributed by atoms with E-state index in [0.29, 0.717) is 0 Å². The molecule has 0 fully saturated rings. The van der Waals surface area contributed by atoms with Crippen LogP contribution in [0.25, 0.3) is 0 Å². The molecule has 1 aromatic carbocycles. The fraction of sp³-hybridized carbons (Fsp3) is 0.438. The van der Waals surface area contributed by atoms with Crippen molar-refractivity contribution in [2.75, 3.05) is 13.3 Å². The second kappa shape index (κ2) is 6.46. The van der Waals surface area contributed by atoms with Gasteiger partial charge in [-0.25, -0.2) is 4.98 Å². The number of hydrogen-bond acceptors (Lipinski definition) is 3. The lowest BCUT2D eigenvalue weighted by Gasteiger charge is -2.17. The monoisotopic (exact) mass is 289 g/mol. The van der Waals surface area contributed by atoms with E-state index in [1.54, 1.807) is 11.8 Å². The van der Waals surface area contributed by atoms with E-state index in [0.717, 1.165) is 24.6 Å². The lowest BCUT2D eigenvalue weighted by Crippen LogP contribution is -2.19. The molecule has 2 rings (SSSR count). The van der Waals surface area contributed by atoms with Gasteiger partial charge in [0.2, 0.25) is 0 Å². The van der Waals surface area contributed by atoms with E-state index < -0.39 is 0 Å². The predicted molar refractivity (Wildman–Crippen MR) is 86.1 cm³/mol. The highest BCUT2D eigenvalue weighted by atomic mass is 32.2. The Hall–Kier alpha value is -1.26. The maximum Gasteiger partial charge on any atom is 0.123 e. The van der Waals surface area contributed by atoms with Crippen LogP contribution < -0.4 is 0 Å². The van der Waals surface area contributed by atoms with E-state index >= 15 is 0 Å². The molecule has 0 saturated heterocycles. The molecule has 0 aliphatic rings. The molecule has 0 bridgehead atoms. The van der Waals surface area contributed by atoms with E-state index in [-0.39, 0.29) is 0 Å². The first kappa shape index (κ1) is 15.1. The predicted octanol–water partition coefficient (Wildman–Crippen LogP) is 3.39. The minimum atomic E-state index is 0.870. The highest BCUT2D eigenvalue weighted by molar-refractivity contribution is 7.98. The van der Waals surface area contributed by atoms with Gasteiger partial charge in [-0.1, -0.05) is 12.1 Å². The Morgan fingerprint density at radius 1 is 1.25 bits per heavy atom. The van der Waals surface area contributed by atoms with Crippen LogP contribution in [-0.2, 0) is 20.1 Å². The van der Waals surface area contributed by atoms with Crippen molar-refractivity contribution in [3.63, 3.8) is 0 Å². The van der Waals surface area contributed by atoms with Crippen molar-refractivity contribution in [2.45, 2.75) is 31.8 Å². The quantitative estimate of drug-likeness (QED) is 0.787. The van der Waals surface area contributed by atoms with Crippen molar-refractivity contribution in [1.82, 2.24) is 14.5 Å². The van der Waals surface area contributed by atoms with Crippen LogP contribution in [0.2, 0.25) is 0 Å². The van der Waals surface area contributed by atoms with Crippen molar-refractivity contribution in [2.24, 2.45) is 7.05 Å². The number of nitrogens with zero attached hydrogens (tertiary/aromatic N) is 3. The van der Waals surface area contributed by atoms with Crippen molar-refractivity contribution < 1.29 is 0 Å². The average molecular weight is 289 g/mol. The van der Waals surface area contributed by atoms with Crippen LogP contribution in [-0.4, -0.2) is 27.8 Å². The molecule has 0 atom stereocenters. The van der Waals surface area contributed by atoms with E-state index in [2.05, 4.69) is 72.9 Å². The number of thioether (sulfide) groups is 1. The molecule has 0 radical (unpaired) electrons. The van der Waals surface area contributed by atoms with Crippen LogP contribution in [0.1, 0.15) is 22.8 Å². The lowest BCUT2D eigenvalue weighted by atomic mass is 10.2. The van der Waals surface area contributed by atoms with Gasteiger partial charge in [-0.05, 0) is 44.8 Å². The Morgan fingerprint density at radius 3 is 2.60 bits per heavy atom. The molecule has 2 aromatic rings. The fourth-order valence-electron chi connectivity index (χ4n) is 2.31. The van der Waals surface area contributed by atoms with Crippen LogP contribution >= 0.6 is 11.8 Å². The van der Waals surface area contributed by atoms with E-state index in [1.165, 1.54) is 16.2 Å². The zero-order valence-corrected chi connectivity index (χ0v) is 13.8. The highest BCUT2D eigenvalue weighted by Crippen LogP contribution is 2.17. The Labute approximate surface area is 126 Å². The number of benzene rings is 1. The van der Waals surface area contributed by atoms with Crippen LogP contribution in [0.5, 0.6) is 0 Å². The Morgan fingerprint density at radius 2 is 2.00 bits per heavy atom. The molecule has 108 valence electrons. The van der Waals surface area contributed by atoms with Gasteiger partial charge in [0.1, 0.15) is 5.82 Å². The molecule has 1 heterocycles. The summed E-state index contributed by atoms with van der Waals surface area (Å²) >= 11 is 1.79. The topological polar surface area (TPSA) is 21.1 Å². The number of aryl methyl sites for hydroxylation is 1. The summed E-state index contributed by atoms with van der Waals surface area (Å²) in [5.41, 5.74) is 3.72. The summed E-state index contributed by atoms with van der Waals surface area (Å²) in [6.07, 6.45) is 2.11. The molecular weight excluding hydrogens is 266 g/mol. The molecule has 20 heavy (non-hydrogen) atoms. The summed E-state index contributed by atoms with van der Waals surface area (Å²) in [6.45, 7) is 6.00. The third kappa shape index (κ3) is 3.44. The smallest absolute Gasteiger partial charge is 0.123 e. The first-order chi connectivity index (χ1) is 9.51. The largest absolute Gasteiger partial charge is 0.334 e. The van der Waals surface area contributed by atoms with Crippen LogP contribution in [0, 0.1) is 13.8 Å². The molecule has 0 saturated carbocycles. The van der Waals surface area contributed by atoms with Gasteiger partial charge < -0.3 is 4.57 Å². The summed E-state index contributed by atoms with van der Waals surface area (Å²) < 4.78 is 2.18. The van der Waals surface area contributed by atoms with Gasteiger partial charge in [-0.15, -0.1) is 11.8 Å². The Kier molecular flexibility index (Phi) is 4.89. The second-order valence-corrected chi connectivity index (χ2v) is 6.16. The lowest BCUT2D eigenvalue weighted by molar-refractivity contribution is 0.306. The third-order valence-corrected chi connectivity index (χ3v) is 4.43. The van der Waals surface area contributed by atoms with Gasteiger partial charge in [0.25, 0.3) is 0 Å². The minimum Gasteiger partial charge on any atom is -0.334 e. The molecule has 0 N–H and O–H groups in total. The molecule has 0 unspecified atom stereocenters. The van der Waals surface area contributed by atoms with Gasteiger partial charge >= 0.3 is 0 Å². The first-order valence-electron chi connectivity index (χ1n) is 6.81. The molecule has 0 amide bonds. The Bertz CT molecular complexity index is 589. The fourth-order valence-corrected chi connectivity index (χ4v) is 2.79. The molecule has 3 nitrogen and oxygen atoms in total. The SMILES string of the molecule is CSc1cccc(CN(C)Cc2nc(C)c(C)n2C)c1. The van der Waals surface area contributed by atoms with Crippen molar-refractivity contribution in [3.8, 4) is 0 Å². The second-order valence-electron chi connectivity index (χ2n) is 5.28.